The highest BCUT2D eigenvalue weighted by atomic mass is 19.4. The fourth-order valence-corrected chi connectivity index (χ4v) is 0.918. The summed E-state index contributed by atoms with van der Waals surface area (Å²) in [5.41, 5.74) is 0.971. The molecule has 1 rings (SSSR count). The van der Waals surface area contributed by atoms with Crippen molar-refractivity contribution in [1.29, 1.82) is 0 Å². The van der Waals surface area contributed by atoms with E-state index in [1.807, 2.05) is 13.8 Å². The minimum atomic E-state index is -4.22. The van der Waals surface area contributed by atoms with Crippen LogP contribution in [-0.2, 0) is 6.18 Å². The maximum absolute atomic E-state index is 12.1. The van der Waals surface area contributed by atoms with Gasteiger partial charge in [-0.05, 0) is 37.1 Å². The van der Waals surface area contributed by atoms with Crippen LogP contribution >= 0.6 is 0 Å². The van der Waals surface area contributed by atoms with Crippen LogP contribution < -0.4 is 0 Å². The molecule has 80 valence electrons. The monoisotopic (exact) mass is 204 g/mol. The Kier molecular flexibility index (Phi) is 4.68. The zero-order chi connectivity index (χ0) is 11.4. The summed E-state index contributed by atoms with van der Waals surface area (Å²) in [6.07, 6.45) is -4.22. The molecule has 0 aliphatic carbocycles. The molecule has 0 saturated heterocycles. The van der Waals surface area contributed by atoms with Crippen LogP contribution in [0, 0.1) is 13.8 Å². The lowest BCUT2D eigenvalue weighted by molar-refractivity contribution is -0.137. The first-order valence-electron chi connectivity index (χ1n) is 4.55. The molecule has 0 bridgehead atoms. The Morgan fingerprint density at radius 1 is 0.929 bits per heavy atom. The Morgan fingerprint density at radius 2 is 1.43 bits per heavy atom. The molecule has 0 fully saturated rings. The predicted octanol–water partition coefficient (Wildman–Crippen LogP) is 4.35. The van der Waals surface area contributed by atoms with Gasteiger partial charge in [0.1, 0.15) is 0 Å². The van der Waals surface area contributed by atoms with Gasteiger partial charge >= 0.3 is 6.18 Å². The summed E-state index contributed by atoms with van der Waals surface area (Å²) in [5.74, 6) is 0. The Balaban J connectivity index is 0.000000791. The van der Waals surface area contributed by atoms with Crippen LogP contribution in [0.15, 0.2) is 18.2 Å². The average Bonchev–Trinajstić information content (AvgIpc) is 2.11. The smallest absolute Gasteiger partial charge is 0.166 e. The van der Waals surface area contributed by atoms with Gasteiger partial charge < -0.3 is 0 Å². The summed E-state index contributed by atoms with van der Waals surface area (Å²) in [6.45, 7) is 7.46. The predicted molar refractivity (Wildman–Crippen MR) is 52.3 cm³/mol. The quantitative estimate of drug-likeness (QED) is 0.589. The zero-order valence-corrected chi connectivity index (χ0v) is 8.87. The molecule has 0 saturated carbocycles. The molecule has 0 aromatic heterocycles. The molecule has 3 heteroatoms. The third-order valence-electron chi connectivity index (χ3n) is 1.83. The van der Waals surface area contributed by atoms with Crippen LogP contribution in [0.1, 0.15) is 30.5 Å². The van der Waals surface area contributed by atoms with Crippen LogP contribution in [0.5, 0.6) is 0 Å². The van der Waals surface area contributed by atoms with Crippen molar-refractivity contribution in [3.63, 3.8) is 0 Å². The molecule has 0 atom stereocenters. The van der Waals surface area contributed by atoms with Gasteiger partial charge in [0.25, 0.3) is 0 Å². The molecule has 0 aliphatic rings. The van der Waals surface area contributed by atoms with Crippen molar-refractivity contribution >= 4 is 0 Å². The van der Waals surface area contributed by atoms with E-state index in [-0.39, 0.29) is 0 Å². The zero-order valence-electron chi connectivity index (χ0n) is 8.87. The fraction of sp³-hybridized carbons (Fsp3) is 0.455. The lowest BCUT2D eigenvalue weighted by Gasteiger charge is -2.08. The van der Waals surface area contributed by atoms with Gasteiger partial charge in [0.2, 0.25) is 0 Å². The van der Waals surface area contributed by atoms with Crippen LogP contribution in [0.25, 0.3) is 0 Å². The molecule has 0 aliphatic heterocycles. The van der Waals surface area contributed by atoms with E-state index in [0.29, 0.717) is 5.56 Å². The molecular weight excluding hydrogens is 189 g/mol. The van der Waals surface area contributed by atoms with E-state index < -0.39 is 11.7 Å². The van der Waals surface area contributed by atoms with Gasteiger partial charge in [-0.1, -0.05) is 19.9 Å². The lowest BCUT2D eigenvalue weighted by Crippen LogP contribution is -2.05. The molecule has 0 spiro atoms. The Hall–Kier alpha value is -0.990. The number of rotatable bonds is 0. The Morgan fingerprint density at radius 3 is 1.79 bits per heavy atom. The highest BCUT2D eigenvalue weighted by molar-refractivity contribution is 5.31. The van der Waals surface area contributed by atoms with Crippen molar-refractivity contribution in [3.05, 3.63) is 34.9 Å². The first kappa shape index (κ1) is 13.0. The molecule has 1 aromatic carbocycles. The summed E-state index contributed by atoms with van der Waals surface area (Å²) >= 11 is 0. The number of hydrogen-bond donors (Lipinski definition) is 0. The molecule has 1 aromatic rings. The van der Waals surface area contributed by atoms with Gasteiger partial charge in [0.15, 0.2) is 0 Å². The topological polar surface area (TPSA) is 0 Å². The van der Waals surface area contributed by atoms with E-state index in [1.165, 1.54) is 6.07 Å². The Labute approximate surface area is 82.8 Å². The third-order valence-corrected chi connectivity index (χ3v) is 1.83. The van der Waals surface area contributed by atoms with Gasteiger partial charge in [-0.3, -0.25) is 0 Å². The second kappa shape index (κ2) is 5.03. The highest BCUT2D eigenvalue weighted by Crippen LogP contribution is 2.30. The van der Waals surface area contributed by atoms with E-state index in [0.717, 1.165) is 17.7 Å². The second-order valence-electron chi connectivity index (χ2n) is 2.80. The first-order valence-corrected chi connectivity index (χ1v) is 4.55. The van der Waals surface area contributed by atoms with Crippen molar-refractivity contribution < 1.29 is 13.2 Å². The number of hydrogen-bond acceptors (Lipinski definition) is 0. The summed E-state index contributed by atoms with van der Waals surface area (Å²) in [4.78, 5) is 0. The molecule has 0 heterocycles. The highest BCUT2D eigenvalue weighted by Gasteiger charge is 2.30. The van der Waals surface area contributed by atoms with Crippen LogP contribution in [-0.4, -0.2) is 0 Å². The minimum Gasteiger partial charge on any atom is -0.166 e. The molecule has 0 unspecified atom stereocenters. The first-order chi connectivity index (χ1) is 6.41. The normalized spacial score (nSPS) is 10.5. The molecule has 0 N–H and O–H groups in total. The van der Waals surface area contributed by atoms with Gasteiger partial charge in [0.05, 0.1) is 5.56 Å². The third kappa shape index (κ3) is 3.40. The average molecular weight is 204 g/mol. The molecule has 0 radical (unpaired) electrons. The second-order valence-corrected chi connectivity index (χ2v) is 2.80. The standard InChI is InChI=1S/C9H9F3.C2H6/c1-6-3-4-8(5-7(6)2)9(10,11)12;1-2/h3-5H,1-2H3;1-2H3. The summed E-state index contributed by atoms with van der Waals surface area (Å²) in [5, 5.41) is 0. The van der Waals surface area contributed by atoms with Gasteiger partial charge in [-0.25, -0.2) is 0 Å². The number of benzene rings is 1. The minimum absolute atomic E-state index is 0.578. The summed E-state index contributed by atoms with van der Waals surface area (Å²) < 4.78 is 36.3. The maximum atomic E-state index is 12.1. The van der Waals surface area contributed by atoms with E-state index >= 15 is 0 Å². The molecule has 0 amide bonds. The number of aryl methyl sites for hydroxylation is 2. The van der Waals surface area contributed by atoms with Crippen molar-refractivity contribution in [2.45, 2.75) is 33.9 Å². The van der Waals surface area contributed by atoms with Crippen molar-refractivity contribution in [2.24, 2.45) is 0 Å². The molecule has 0 nitrogen and oxygen atoms in total. The van der Waals surface area contributed by atoms with Crippen molar-refractivity contribution in [1.82, 2.24) is 0 Å². The SMILES string of the molecule is CC.Cc1ccc(C(F)(F)F)cc1C. The van der Waals surface area contributed by atoms with Gasteiger partial charge in [-0.2, -0.15) is 13.2 Å². The molecule has 14 heavy (non-hydrogen) atoms. The van der Waals surface area contributed by atoms with Crippen molar-refractivity contribution in [2.75, 3.05) is 0 Å². The van der Waals surface area contributed by atoms with E-state index in [2.05, 4.69) is 0 Å². The number of alkyl halides is 3. The Bertz CT molecular complexity index is 287. The van der Waals surface area contributed by atoms with Crippen LogP contribution in [0.2, 0.25) is 0 Å². The van der Waals surface area contributed by atoms with E-state index in [4.69, 9.17) is 0 Å². The van der Waals surface area contributed by atoms with Gasteiger partial charge in [0, 0.05) is 0 Å². The van der Waals surface area contributed by atoms with Crippen molar-refractivity contribution in [3.8, 4) is 0 Å². The van der Waals surface area contributed by atoms with Gasteiger partial charge in [-0.15, -0.1) is 0 Å². The summed E-state index contributed by atoms with van der Waals surface area (Å²) in [6, 6.07) is 3.75. The van der Waals surface area contributed by atoms with Crippen LogP contribution in [0.4, 0.5) is 13.2 Å². The van der Waals surface area contributed by atoms with E-state index in [1.54, 1.807) is 13.8 Å². The maximum Gasteiger partial charge on any atom is 0.416 e. The fourth-order valence-electron chi connectivity index (χ4n) is 0.918. The summed E-state index contributed by atoms with van der Waals surface area (Å²) in [7, 11) is 0. The number of halogens is 3. The molecular formula is C11H15F3. The van der Waals surface area contributed by atoms with Crippen LogP contribution in [0.3, 0.4) is 0 Å². The lowest BCUT2D eigenvalue weighted by atomic mass is 10.1. The largest absolute Gasteiger partial charge is 0.416 e. The van der Waals surface area contributed by atoms with E-state index in [9.17, 15) is 13.2 Å².